The molecule has 1 amide bonds. The van der Waals surface area contributed by atoms with Crippen molar-refractivity contribution in [1.82, 2.24) is 9.71 Å². The lowest BCUT2D eigenvalue weighted by atomic mass is 10.0. The smallest absolute Gasteiger partial charge is 0.267 e. The minimum Gasteiger partial charge on any atom is -0.496 e. The highest BCUT2D eigenvalue weighted by Gasteiger charge is 2.21. The number of halogens is 4. The van der Waals surface area contributed by atoms with Gasteiger partial charge in [0.1, 0.15) is 16.6 Å². The van der Waals surface area contributed by atoms with Crippen LogP contribution in [0.5, 0.6) is 17.4 Å². The molecule has 12 heteroatoms. The molecule has 0 bridgehead atoms. The molecule has 7 nitrogen and oxygen atoms in total. The maximum atomic E-state index is 14.7. The van der Waals surface area contributed by atoms with E-state index in [1.807, 2.05) is 0 Å². The summed E-state index contributed by atoms with van der Waals surface area (Å²) in [4.78, 5) is 16.3. The minimum atomic E-state index is -3.88. The third kappa shape index (κ3) is 5.86. The van der Waals surface area contributed by atoms with Gasteiger partial charge in [0.15, 0.2) is 5.75 Å². The zero-order valence-electron chi connectivity index (χ0n) is 17.4. The van der Waals surface area contributed by atoms with Crippen molar-refractivity contribution in [2.75, 3.05) is 13.4 Å². The van der Waals surface area contributed by atoms with Crippen LogP contribution in [0.2, 0.25) is 15.1 Å². The van der Waals surface area contributed by atoms with E-state index in [-0.39, 0.29) is 27.2 Å². The summed E-state index contributed by atoms with van der Waals surface area (Å²) in [7, 11) is -2.57. The Balaban J connectivity index is 1.98. The highest BCUT2D eigenvalue weighted by molar-refractivity contribution is 7.89. The molecule has 1 N–H and O–H groups in total. The first-order valence-electron chi connectivity index (χ1n) is 9.08. The second-order valence-electron chi connectivity index (χ2n) is 6.88. The number of aryl methyl sites for hydroxylation is 1. The molecule has 0 fully saturated rings. The molecule has 1 aromatic heterocycles. The number of ether oxygens (including phenoxy) is 2. The first-order valence-corrected chi connectivity index (χ1v) is 12.1. The van der Waals surface area contributed by atoms with Crippen LogP contribution in [0.3, 0.4) is 0 Å². The van der Waals surface area contributed by atoms with Crippen LogP contribution in [0.25, 0.3) is 11.1 Å². The number of amides is 1. The van der Waals surface area contributed by atoms with E-state index < -0.39 is 27.3 Å². The minimum absolute atomic E-state index is 0.0522. The highest BCUT2D eigenvalue weighted by atomic mass is 35.5. The van der Waals surface area contributed by atoms with Crippen LogP contribution in [-0.2, 0) is 10.0 Å². The number of pyridine rings is 1. The van der Waals surface area contributed by atoms with Gasteiger partial charge in [-0.3, -0.25) is 4.79 Å². The topological polar surface area (TPSA) is 94.6 Å². The highest BCUT2D eigenvalue weighted by Crippen LogP contribution is 2.39. The van der Waals surface area contributed by atoms with E-state index in [9.17, 15) is 17.6 Å². The van der Waals surface area contributed by atoms with Gasteiger partial charge in [-0.15, -0.1) is 0 Å². The van der Waals surface area contributed by atoms with Gasteiger partial charge in [0.25, 0.3) is 5.91 Å². The third-order valence-electron chi connectivity index (χ3n) is 4.32. The van der Waals surface area contributed by atoms with Crippen LogP contribution in [0.15, 0.2) is 36.5 Å². The van der Waals surface area contributed by atoms with Crippen molar-refractivity contribution >= 4 is 50.7 Å². The van der Waals surface area contributed by atoms with Gasteiger partial charge < -0.3 is 9.47 Å². The number of hydrogen-bond acceptors (Lipinski definition) is 6. The van der Waals surface area contributed by atoms with E-state index >= 15 is 0 Å². The summed E-state index contributed by atoms with van der Waals surface area (Å²) in [5, 5.41) is 0.815. The average Bonchev–Trinajstić information content (AvgIpc) is 2.70. The number of methoxy groups -OCH3 is 1. The van der Waals surface area contributed by atoms with E-state index in [1.165, 1.54) is 25.4 Å². The number of sulfonamides is 1. The number of benzene rings is 2. The van der Waals surface area contributed by atoms with Crippen LogP contribution in [0, 0.1) is 12.7 Å². The Morgan fingerprint density at radius 3 is 2.36 bits per heavy atom. The Bertz CT molecular complexity index is 1340. The van der Waals surface area contributed by atoms with Gasteiger partial charge in [-0.05, 0) is 42.8 Å². The van der Waals surface area contributed by atoms with Gasteiger partial charge >= 0.3 is 0 Å². The lowest BCUT2D eigenvalue weighted by molar-refractivity contribution is 0.0977. The number of carbonyl (C=O) groups excluding carboxylic acids is 1. The van der Waals surface area contributed by atoms with Gasteiger partial charge in [-0.1, -0.05) is 34.8 Å². The van der Waals surface area contributed by atoms with Crippen molar-refractivity contribution in [1.29, 1.82) is 0 Å². The number of nitrogens with zero attached hydrogens (tertiary/aromatic N) is 1. The monoisotopic (exact) mass is 532 g/mol. The van der Waals surface area contributed by atoms with Crippen LogP contribution in [0.4, 0.5) is 4.39 Å². The first-order chi connectivity index (χ1) is 15.4. The quantitative estimate of drug-likeness (QED) is 0.440. The molecule has 0 saturated carbocycles. The average molecular weight is 534 g/mol. The fourth-order valence-corrected chi connectivity index (χ4v) is 4.19. The summed E-state index contributed by atoms with van der Waals surface area (Å²) in [5.41, 5.74) is 0.749. The standard InChI is InChI=1S/C21H16Cl3FN2O5S/c1-10-4-12(22)6-15(23)19(10)32-21-16(24)5-11(9-26-21)13-7-17(25)14(8-18(13)31-2)20(28)27-33(3,29)30/h4-9H,1-3H3,(H,27,28). The van der Waals surface area contributed by atoms with E-state index in [2.05, 4.69) is 4.98 Å². The summed E-state index contributed by atoms with van der Waals surface area (Å²) < 4.78 is 49.9. The molecule has 0 saturated heterocycles. The fourth-order valence-electron chi connectivity index (χ4n) is 2.91. The molecule has 0 spiro atoms. The zero-order chi connectivity index (χ0) is 24.5. The molecule has 33 heavy (non-hydrogen) atoms. The van der Waals surface area contributed by atoms with Crippen molar-refractivity contribution in [3.05, 3.63) is 68.5 Å². The summed E-state index contributed by atoms with van der Waals surface area (Å²) in [6.45, 7) is 1.75. The molecular weight excluding hydrogens is 518 g/mol. The molecule has 0 aliphatic heterocycles. The lowest BCUT2D eigenvalue weighted by Crippen LogP contribution is -2.30. The Labute approximate surface area is 204 Å². The number of hydrogen-bond donors (Lipinski definition) is 1. The van der Waals surface area contributed by atoms with Gasteiger partial charge in [-0.2, -0.15) is 0 Å². The second kappa shape index (κ2) is 9.72. The van der Waals surface area contributed by atoms with Gasteiger partial charge in [0.05, 0.1) is 24.0 Å². The summed E-state index contributed by atoms with van der Waals surface area (Å²) in [6.07, 6.45) is 2.15. The van der Waals surface area contributed by atoms with Gasteiger partial charge in [0.2, 0.25) is 15.9 Å². The number of rotatable bonds is 6. The molecule has 0 aliphatic rings. The van der Waals surface area contributed by atoms with Crippen LogP contribution in [-0.4, -0.2) is 32.7 Å². The molecular formula is C21H16Cl3FN2O5S. The van der Waals surface area contributed by atoms with E-state index in [4.69, 9.17) is 44.3 Å². The Morgan fingerprint density at radius 2 is 1.79 bits per heavy atom. The summed E-state index contributed by atoms with van der Waals surface area (Å²) in [5.74, 6) is -1.62. The molecule has 0 unspecified atom stereocenters. The molecule has 174 valence electrons. The molecule has 0 aliphatic carbocycles. The van der Waals surface area contributed by atoms with Crippen molar-refractivity contribution in [2.24, 2.45) is 0 Å². The number of carbonyl (C=O) groups is 1. The van der Waals surface area contributed by atoms with E-state index in [0.29, 0.717) is 21.9 Å². The van der Waals surface area contributed by atoms with Crippen molar-refractivity contribution in [2.45, 2.75) is 6.92 Å². The lowest BCUT2D eigenvalue weighted by Gasteiger charge is -2.14. The van der Waals surface area contributed by atoms with Crippen LogP contribution >= 0.6 is 34.8 Å². The Hall–Kier alpha value is -2.59. The Kier molecular flexibility index (Phi) is 7.38. The van der Waals surface area contributed by atoms with Crippen molar-refractivity contribution in [3.8, 4) is 28.5 Å². The SMILES string of the molecule is COc1cc(C(=O)NS(C)(=O)=O)c(F)cc1-c1cnc(Oc2c(C)cc(Cl)cc2Cl)c(Cl)c1. The fraction of sp³-hybridized carbons (Fsp3) is 0.143. The largest absolute Gasteiger partial charge is 0.496 e. The molecule has 1 heterocycles. The van der Waals surface area contributed by atoms with Crippen molar-refractivity contribution < 1.29 is 27.1 Å². The molecule has 3 rings (SSSR count). The number of aromatic nitrogens is 1. The first kappa shape index (κ1) is 25.0. The predicted molar refractivity (Wildman–Crippen MR) is 125 cm³/mol. The van der Waals surface area contributed by atoms with Crippen molar-refractivity contribution in [3.63, 3.8) is 0 Å². The van der Waals surface area contributed by atoms with Gasteiger partial charge in [-0.25, -0.2) is 22.5 Å². The number of nitrogens with one attached hydrogen (secondary N) is 1. The maximum Gasteiger partial charge on any atom is 0.267 e. The third-order valence-corrected chi connectivity index (χ3v) is 5.65. The molecule has 0 atom stereocenters. The Morgan fingerprint density at radius 1 is 1.09 bits per heavy atom. The van der Waals surface area contributed by atoms with E-state index in [1.54, 1.807) is 17.7 Å². The van der Waals surface area contributed by atoms with Gasteiger partial charge in [0, 0.05) is 22.3 Å². The molecule has 2 aromatic carbocycles. The summed E-state index contributed by atoms with van der Waals surface area (Å²) >= 11 is 18.5. The second-order valence-corrected chi connectivity index (χ2v) is 9.88. The predicted octanol–water partition coefficient (Wildman–Crippen LogP) is 5.65. The van der Waals surface area contributed by atoms with Crippen LogP contribution < -0.4 is 14.2 Å². The zero-order valence-corrected chi connectivity index (χ0v) is 20.5. The maximum absolute atomic E-state index is 14.7. The molecule has 0 radical (unpaired) electrons. The summed E-state index contributed by atoms with van der Waals surface area (Å²) in [6, 6.07) is 6.75. The van der Waals surface area contributed by atoms with Crippen LogP contribution in [0.1, 0.15) is 15.9 Å². The molecule has 3 aromatic rings. The normalized spacial score (nSPS) is 11.2. The van der Waals surface area contributed by atoms with E-state index in [0.717, 1.165) is 18.4 Å².